The quantitative estimate of drug-likeness (QED) is 0.861. The van der Waals surface area contributed by atoms with Crippen LogP contribution in [-0.2, 0) is 11.2 Å². The Labute approximate surface area is 93.7 Å². The first-order chi connectivity index (χ1) is 7.59. The van der Waals surface area contributed by atoms with Crippen LogP contribution in [0.4, 0.5) is 0 Å². The zero-order valence-electron chi connectivity index (χ0n) is 9.36. The third-order valence-corrected chi connectivity index (χ3v) is 2.83. The third kappa shape index (κ3) is 1.81. The van der Waals surface area contributed by atoms with Crippen molar-refractivity contribution >= 4 is 16.9 Å². The van der Waals surface area contributed by atoms with Gasteiger partial charge in [0.1, 0.15) is 11.3 Å². The molecule has 0 saturated heterocycles. The van der Waals surface area contributed by atoms with Gasteiger partial charge in [0, 0.05) is 10.9 Å². The standard InChI is InChI=1S/C13H14O3/c1-8(13(14)15)7-11-9(2)16-12-6-4-3-5-10(11)12/h3-6,8H,7H2,1-2H3,(H,14,15). The van der Waals surface area contributed by atoms with Gasteiger partial charge in [0.25, 0.3) is 0 Å². The van der Waals surface area contributed by atoms with Crippen LogP contribution in [0.1, 0.15) is 18.2 Å². The molecule has 3 nitrogen and oxygen atoms in total. The smallest absolute Gasteiger partial charge is 0.306 e. The summed E-state index contributed by atoms with van der Waals surface area (Å²) in [4.78, 5) is 10.8. The van der Waals surface area contributed by atoms with Crippen molar-refractivity contribution in [3.8, 4) is 0 Å². The molecule has 0 saturated carbocycles. The van der Waals surface area contributed by atoms with Gasteiger partial charge in [-0.25, -0.2) is 0 Å². The summed E-state index contributed by atoms with van der Waals surface area (Å²) in [5, 5.41) is 9.93. The first-order valence-corrected chi connectivity index (χ1v) is 5.29. The number of para-hydroxylation sites is 1. The third-order valence-electron chi connectivity index (χ3n) is 2.83. The molecule has 0 radical (unpaired) electrons. The molecule has 3 heteroatoms. The number of aryl methyl sites for hydroxylation is 1. The minimum absolute atomic E-state index is 0.389. The highest BCUT2D eigenvalue weighted by Crippen LogP contribution is 2.27. The van der Waals surface area contributed by atoms with Crippen LogP contribution in [0.2, 0.25) is 0 Å². The van der Waals surface area contributed by atoms with E-state index in [0.717, 1.165) is 22.3 Å². The Morgan fingerprint density at radius 1 is 1.44 bits per heavy atom. The average molecular weight is 218 g/mol. The van der Waals surface area contributed by atoms with Crippen LogP contribution in [0, 0.1) is 12.8 Å². The van der Waals surface area contributed by atoms with Crippen LogP contribution in [-0.4, -0.2) is 11.1 Å². The second kappa shape index (κ2) is 4.00. The second-order valence-electron chi connectivity index (χ2n) is 4.08. The summed E-state index contributed by atoms with van der Waals surface area (Å²) in [6, 6.07) is 7.72. The van der Waals surface area contributed by atoms with Crippen molar-refractivity contribution in [1.82, 2.24) is 0 Å². The molecule has 1 N–H and O–H groups in total. The number of fused-ring (bicyclic) bond motifs is 1. The molecular formula is C13H14O3. The Balaban J connectivity index is 2.43. The first kappa shape index (κ1) is 10.7. The molecule has 0 aliphatic heterocycles. The first-order valence-electron chi connectivity index (χ1n) is 5.29. The predicted molar refractivity (Wildman–Crippen MR) is 61.5 cm³/mol. The van der Waals surface area contributed by atoms with Crippen LogP contribution in [0.25, 0.3) is 11.0 Å². The Kier molecular flexibility index (Phi) is 2.69. The molecule has 2 rings (SSSR count). The molecule has 0 aliphatic carbocycles. The molecule has 0 fully saturated rings. The number of hydrogen-bond donors (Lipinski definition) is 1. The summed E-state index contributed by atoms with van der Waals surface area (Å²) in [5.41, 5.74) is 1.83. The van der Waals surface area contributed by atoms with Gasteiger partial charge in [0.05, 0.1) is 5.92 Å². The lowest BCUT2D eigenvalue weighted by molar-refractivity contribution is -0.141. The van der Waals surface area contributed by atoms with Crippen molar-refractivity contribution < 1.29 is 14.3 Å². The molecule has 1 unspecified atom stereocenters. The van der Waals surface area contributed by atoms with Crippen molar-refractivity contribution in [3.05, 3.63) is 35.6 Å². The Bertz CT molecular complexity index is 525. The molecule has 1 heterocycles. The minimum Gasteiger partial charge on any atom is -0.481 e. The highest BCUT2D eigenvalue weighted by Gasteiger charge is 2.17. The van der Waals surface area contributed by atoms with Crippen LogP contribution >= 0.6 is 0 Å². The Morgan fingerprint density at radius 2 is 2.12 bits per heavy atom. The summed E-state index contributed by atoms with van der Waals surface area (Å²) >= 11 is 0. The highest BCUT2D eigenvalue weighted by atomic mass is 16.4. The average Bonchev–Trinajstić information content (AvgIpc) is 2.55. The Morgan fingerprint density at radius 3 is 2.81 bits per heavy atom. The predicted octanol–water partition coefficient (Wildman–Crippen LogP) is 3.00. The maximum absolute atomic E-state index is 10.8. The SMILES string of the molecule is Cc1oc2ccccc2c1CC(C)C(=O)O. The van der Waals surface area contributed by atoms with Crippen LogP contribution in [0.5, 0.6) is 0 Å². The summed E-state index contributed by atoms with van der Waals surface area (Å²) in [6.07, 6.45) is 0.512. The van der Waals surface area contributed by atoms with Crippen molar-refractivity contribution in [2.24, 2.45) is 5.92 Å². The van der Waals surface area contributed by atoms with E-state index >= 15 is 0 Å². The molecule has 1 aromatic heterocycles. The summed E-state index contributed by atoms with van der Waals surface area (Å²) < 4.78 is 5.59. The highest BCUT2D eigenvalue weighted by molar-refractivity contribution is 5.83. The molecule has 1 atom stereocenters. The maximum Gasteiger partial charge on any atom is 0.306 e. The minimum atomic E-state index is -0.773. The van der Waals surface area contributed by atoms with E-state index in [1.54, 1.807) is 6.92 Å². The summed E-state index contributed by atoms with van der Waals surface area (Å²) in [6.45, 7) is 3.59. The number of aliphatic carboxylic acids is 1. The van der Waals surface area contributed by atoms with Crippen LogP contribution < -0.4 is 0 Å². The van der Waals surface area contributed by atoms with Gasteiger partial charge in [-0.15, -0.1) is 0 Å². The topological polar surface area (TPSA) is 50.4 Å². The van der Waals surface area contributed by atoms with E-state index < -0.39 is 5.97 Å². The molecule has 0 aliphatic rings. The van der Waals surface area contributed by atoms with Crippen molar-refractivity contribution in [1.29, 1.82) is 0 Å². The van der Waals surface area contributed by atoms with Crippen LogP contribution in [0.3, 0.4) is 0 Å². The Hall–Kier alpha value is -1.77. The zero-order chi connectivity index (χ0) is 11.7. The lowest BCUT2D eigenvalue weighted by Gasteiger charge is -2.04. The lowest BCUT2D eigenvalue weighted by atomic mass is 9.99. The number of hydrogen-bond acceptors (Lipinski definition) is 2. The van der Waals surface area contributed by atoms with Gasteiger partial charge in [-0.3, -0.25) is 4.79 Å². The largest absolute Gasteiger partial charge is 0.481 e. The monoisotopic (exact) mass is 218 g/mol. The molecule has 84 valence electrons. The molecule has 0 spiro atoms. The fraction of sp³-hybridized carbons (Fsp3) is 0.308. The molecule has 1 aromatic carbocycles. The van der Waals surface area contributed by atoms with E-state index in [1.165, 1.54) is 0 Å². The maximum atomic E-state index is 10.8. The number of carboxylic acids is 1. The van der Waals surface area contributed by atoms with E-state index in [1.807, 2.05) is 31.2 Å². The van der Waals surface area contributed by atoms with E-state index in [9.17, 15) is 4.79 Å². The van der Waals surface area contributed by atoms with Gasteiger partial charge in [0.15, 0.2) is 0 Å². The lowest BCUT2D eigenvalue weighted by Crippen LogP contribution is -2.12. The fourth-order valence-electron chi connectivity index (χ4n) is 1.87. The normalized spacial score (nSPS) is 12.9. The number of rotatable bonds is 3. The number of carbonyl (C=O) groups is 1. The molecule has 0 amide bonds. The van der Waals surface area contributed by atoms with Crippen molar-refractivity contribution in [2.45, 2.75) is 20.3 Å². The summed E-state index contributed by atoms with van der Waals surface area (Å²) in [5.74, 6) is -0.348. The molecule has 0 bridgehead atoms. The second-order valence-corrected chi connectivity index (χ2v) is 4.08. The van der Waals surface area contributed by atoms with Gasteiger partial charge in [0.2, 0.25) is 0 Å². The number of carboxylic acid groups (broad SMARTS) is 1. The molecule has 2 aromatic rings. The van der Waals surface area contributed by atoms with Gasteiger partial charge >= 0.3 is 5.97 Å². The van der Waals surface area contributed by atoms with Gasteiger partial charge in [-0.1, -0.05) is 25.1 Å². The van der Waals surface area contributed by atoms with Crippen molar-refractivity contribution in [3.63, 3.8) is 0 Å². The fourth-order valence-corrected chi connectivity index (χ4v) is 1.87. The molecule has 16 heavy (non-hydrogen) atoms. The van der Waals surface area contributed by atoms with Gasteiger partial charge in [-0.05, 0) is 19.4 Å². The van der Waals surface area contributed by atoms with E-state index in [-0.39, 0.29) is 5.92 Å². The zero-order valence-corrected chi connectivity index (χ0v) is 9.36. The van der Waals surface area contributed by atoms with E-state index in [0.29, 0.717) is 6.42 Å². The number of benzene rings is 1. The van der Waals surface area contributed by atoms with Gasteiger partial charge in [-0.2, -0.15) is 0 Å². The van der Waals surface area contributed by atoms with Crippen LogP contribution in [0.15, 0.2) is 28.7 Å². The van der Waals surface area contributed by atoms with E-state index in [2.05, 4.69) is 0 Å². The van der Waals surface area contributed by atoms with Crippen molar-refractivity contribution in [2.75, 3.05) is 0 Å². The van der Waals surface area contributed by atoms with E-state index in [4.69, 9.17) is 9.52 Å². The molecular weight excluding hydrogens is 204 g/mol. The van der Waals surface area contributed by atoms with Gasteiger partial charge < -0.3 is 9.52 Å². The number of furan rings is 1. The summed E-state index contributed by atoms with van der Waals surface area (Å²) in [7, 11) is 0.